The molecule has 0 spiro atoms. The van der Waals surface area contributed by atoms with Gasteiger partial charge in [-0.25, -0.2) is 9.59 Å². The third kappa shape index (κ3) is 7.29. The Hall–Kier alpha value is -3.45. The minimum Gasteiger partial charge on any atom is -0.489 e. The van der Waals surface area contributed by atoms with Gasteiger partial charge in [-0.15, -0.1) is 0 Å². The minimum absolute atomic E-state index is 0.0589. The highest BCUT2D eigenvalue weighted by atomic mass is 79.9. The van der Waals surface area contributed by atoms with Crippen molar-refractivity contribution in [1.29, 1.82) is 0 Å². The predicted molar refractivity (Wildman–Crippen MR) is 129 cm³/mol. The maximum atomic E-state index is 12.3. The molecule has 3 aromatic carbocycles. The molecule has 6 nitrogen and oxygen atoms in total. The monoisotopic (exact) mass is 509 g/mol. The van der Waals surface area contributed by atoms with E-state index in [9.17, 15) is 9.59 Å². The number of hydrogen-bond acceptors (Lipinski definition) is 5. The van der Waals surface area contributed by atoms with Crippen LogP contribution in [0.3, 0.4) is 0 Å². The van der Waals surface area contributed by atoms with Crippen molar-refractivity contribution in [1.82, 2.24) is 0 Å². The number of halogens is 1. The number of aryl methyl sites for hydroxylation is 1. The molecule has 0 fully saturated rings. The Morgan fingerprint density at radius 1 is 0.909 bits per heavy atom. The highest BCUT2D eigenvalue weighted by molar-refractivity contribution is 9.10. The molecule has 0 aliphatic rings. The zero-order chi connectivity index (χ0) is 23.6. The molecule has 0 aliphatic carbocycles. The van der Waals surface area contributed by atoms with Gasteiger partial charge in [-0.1, -0.05) is 76.6 Å². The Labute approximate surface area is 201 Å². The van der Waals surface area contributed by atoms with Gasteiger partial charge in [0.25, 0.3) is 0 Å². The molecule has 0 aromatic heterocycles. The normalized spacial score (nSPS) is 11.1. The third-order valence-corrected chi connectivity index (χ3v) is 5.53. The van der Waals surface area contributed by atoms with Gasteiger partial charge in [0.1, 0.15) is 24.7 Å². The van der Waals surface area contributed by atoms with Crippen LogP contribution in [0.1, 0.15) is 22.3 Å². The standard InChI is InChI=1S/C26H24BrNO5/c1-18-13-22(27)21(15-24(18)32-16-19-9-5-3-6-10-19)14-23(25(29)31-2)28-26(30)33-17-20-11-7-4-8-12-20/h3-13,15H,14,16-17H2,1-2H3. The molecule has 0 aliphatic heterocycles. The number of amides is 1. The summed E-state index contributed by atoms with van der Waals surface area (Å²) in [6, 6.07) is 22.8. The molecule has 0 saturated heterocycles. The lowest BCUT2D eigenvalue weighted by Gasteiger charge is -2.13. The highest BCUT2D eigenvalue weighted by Crippen LogP contribution is 2.28. The second-order valence-corrected chi connectivity index (χ2v) is 8.10. The molecular weight excluding hydrogens is 486 g/mol. The van der Waals surface area contributed by atoms with E-state index in [2.05, 4.69) is 20.9 Å². The SMILES string of the molecule is COC(=O)C(Cc1cc(OCc2ccccc2)c(C)cc1Br)=NC(=O)OCc1ccccc1. The lowest BCUT2D eigenvalue weighted by Crippen LogP contribution is -2.21. The van der Waals surface area contributed by atoms with Crippen LogP contribution >= 0.6 is 15.9 Å². The maximum Gasteiger partial charge on any atom is 0.434 e. The van der Waals surface area contributed by atoms with E-state index in [1.54, 1.807) is 0 Å². The smallest absolute Gasteiger partial charge is 0.434 e. The molecule has 0 radical (unpaired) electrons. The first-order valence-corrected chi connectivity index (χ1v) is 11.1. The van der Waals surface area contributed by atoms with Crippen LogP contribution in [0.5, 0.6) is 5.75 Å². The van der Waals surface area contributed by atoms with E-state index in [0.717, 1.165) is 26.7 Å². The van der Waals surface area contributed by atoms with E-state index < -0.39 is 12.1 Å². The van der Waals surface area contributed by atoms with Crippen molar-refractivity contribution in [2.45, 2.75) is 26.6 Å². The molecule has 3 aromatic rings. The molecule has 0 atom stereocenters. The summed E-state index contributed by atoms with van der Waals surface area (Å²) in [5.74, 6) is -0.0289. The van der Waals surface area contributed by atoms with E-state index in [0.29, 0.717) is 12.4 Å². The Morgan fingerprint density at radius 3 is 2.12 bits per heavy atom. The van der Waals surface area contributed by atoms with Crippen LogP contribution in [-0.4, -0.2) is 24.9 Å². The van der Waals surface area contributed by atoms with Crippen molar-refractivity contribution in [3.05, 3.63) is 99.5 Å². The van der Waals surface area contributed by atoms with Crippen LogP contribution in [0.25, 0.3) is 0 Å². The van der Waals surface area contributed by atoms with Crippen LogP contribution in [0.15, 0.2) is 82.3 Å². The van der Waals surface area contributed by atoms with Crippen LogP contribution in [0.4, 0.5) is 4.79 Å². The first kappa shape index (κ1) is 24.2. The van der Waals surface area contributed by atoms with Crippen molar-refractivity contribution >= 4 is 33.7 Å². The number of esters is 1. The van der Waals surface area contributed by atoms with Crippen molar-refractivity contribution in [3.8, 4) is 5.75 Å². The molecule has 0 unspecified atom stereocenters. The molecule has 0 bridgehead atoms. The van der Waals surface area contributed by atoms with Crippen LogP contribution in [-0.2, 0) is 33.9 Å². The fourth-order valence-corrected chi connectivity index (χ4v) is 3.64. The van der Waals surface area contributed by atoms with Crippen molar-refractivity contribution in [2.75, 3.05) is 7.11 Å². The first-order chi connectivity index (χ1) is 16.0. The van der Waals surface area contributed by atoms with Gasteiger partial charge in [-0.3, -0.25) is 0 Å². The first-order valence-electron chi connectivity index (χ1n) is 10.3. The van der Waals surface area contributed by atoms with Gasteiger partial charge in [0.05, 0.1) is 7.11 Å². The van der Waals surface area contributed by atoms with Crippen molar-refractivity contribution in [3.63, 3.8) is 0 Å². The average molecular weight is 510 g/mol. The predicted octanol–water partition coefficient (Wildman–Crippen LogP) is 5.83. The Bertz CT molecular complexity index is 1130. The van der Waals surface area contributed by atoms with Gasteiger partial charge < -0.3 is 14.2 Å². The Kier molecular flexibility index (Phi) is 8.78. The molecule has 7 heteroatoms. The summed E-state index contributed by atoms with van der Waals surface area (Å²) >= 11 is 3.53. The Balaban J connectivity index is 1.75. The van der Waals surface area contributed by atoms with Crippen molar-refractivity contribution < 1.29 is 23.8 Å². The molecule has 1 amide bonds. The van der Waals surface area contributed by atoms with Gasteiger partial charge in [0.2, 0.25) is 0 Å². The zero-order valence-electron chi connectivity index (χ0n) is 18.4. The average Bonchev–Trinajstić information content (AvgIpc) is 2.84. The lowest BCUT2D eigenvalue weighted by atomic mass is 10.1. The molecule has 0 heterocycles. The van der Waals surface area contributed by atoms with Crippen LogP contribution < -0.4 is 4.74 Å². The van der Waals surface area contributed by atoms with Gasteiger partial charge in [0, 0.05) is 10.9 Å². The molecule has 0 N–H and O–H groups in total. The van der Waals surface area contributed by atoms with Gasteiger partial charge in [-0.05, 0) is 41.3 Å². The second-order valence-electron chi connectivity index (χ2n) is 7.25. The van der Waals surface area contributed by atoms with Gasteiger partial charge >= 0.3 is 12.1 Å². The number of benzene rings is 3. The number of carbonyl (C=O) groups excluding carboxylic acids is 2. The quantitative estimate of drug-likeness (QED) is 0.282. The largest absolute Gasteiger partial charge is 0.489 e. The number of hydrogen-bond donors (Lipinski definition) is 0. The van der Waals surface area contributed by atoms with E-state index in [4.69, 9.17) is 14.2 Å². The highest BCUT2D eigenvalue weighted by Gasteiger charge is 2.18. The summed E-state index contributed by atoms with van der Waals surface area (Å²) in [5.41, 5.74) is 3.46. The summed E-state index contributed by atoms with van der Waals surface area (Å²) in [4.78, 5) is 28.4. The number of methoxy groups -OCH3 is 1. The number of aliphatic imine (C=N–C) groups is 1. The molecule has 0 saturated carbocycles. The third-order valence-electron chi connectivity index (χ3n) is 4.79. The zero-order valence-corrected chi connectivity index (χ0v) is 20.0. The van der Waals surface area contributed by atoms with Gasteiger partial charge in [-0.2, -0.15) is 4.99 Å². The summed E-state index contributed by atoms with van der Waals surface area (Å²) in [6.45, 7) is 2.40. The van der Waals surface area contributed by atoms with E-state index in [-0.39, 0.29) is 18.7 Å². The fourth-order valence-electron chi connectivity index (χ4n) is 3.04. The van der Waals surface area contributed by atoms with E-state index >= 15 is 0 Å². The second kappa shape index (κ2) is 12.0. The number of carbonyl (C=O) groups is 2. The maximum absolute atomic E-state index is 12.3. The number of nitrogens with zero attached hydrogens (tertiary/aromatic N) is 1. The topological polar surface area (TPSA) is 74.2 Å². The molecule has 3 rings (SSSR count). The van der Waals surface area contributed by atoms with Crippen molar-refractivity contribution in [2.24, 2.45) is 4.99 Å². The molecular formula is C26H24BrNO5. The van der Waals surface area contributed by atoms with E-state index in [1.165, 1.54) is 7.11 Å². The Morgan fingerprint density at radius 2 is 1.52 bits per heavy atom. The lowest BCUT2D eigenvalue weighted by molar-refractivity contribution is -0.132. The van der Waals surface area contributed by atoms with Gasteiger partial charge in [0.15, 0.2) is 0 Å². The summed E-state index contributed by atoms with van der Waals surface area (Å²) in [5, 5.41) is 0. The molecule has 170 valence electrons. The molecule has 33 heavy (non-hydrogen) atoms. The number of rotatable bonds is 8. The summed E-state index contributed by atoms with van der Waals surface area (Å²) in [7, 11) is 1.24. The number of ether oxygens (including phenoxy) is 3. The van der Waals surface area contributed by atoms with Crippen LogP contribution in [0, 0.1) is 6.92 Å². The fraction of sp³-hybridized carbons (Fsp3) is 0.192. The summed E-state index contributed by atoms with van der Waals surface area (Å²) < 4.78 is 16.8. The summed E-state index contributed by atoms with van der Waals surface area (Å²) in [6.07, 6.45) is -0.793. The van der Waals surface area contributed by atoms with Crippen LogP contribution in [0.2, 0.25) is 0 Å². The minimum atomic E-state index is -0.858. The van der Waals surface area contributed by atoms with E-state index in [1.807, 2.05) is 79.7 Å².